The average molecular weight is 342 g/mol. The van der Waals surface area contributed by atoms with Crippen LogP contribution in [0.1, 0.15) is 16.8 Å². The number of hydrogen-bond donors (Lipinski definition) is 1. The number of anilines is 2. The molecule has 8 heteroatoms. The van der Waals surface area contributed by atoms with Crippen LogP contribution in [-0.2, 0) is 14.3 Å². The molecule has 0 unspecified atom stereocenters. The van der Waals surface area contributed by atoms with Gasteiger partial charge in [0.25, 0.3) is 5.69 Å². The van der Waals surface area contributed by atoms with Crippen molar-refractivity contribution in [1.29, 1.82) is 0 Å². The van der Waals surface area contributed by atoms with Crippen LogP contribution in [0.4, 0.5) is 17.1 Å². The molecule has 8 nitrogen and oxygen atoms in total. The lowest BCUT2D eigenvalue weighted by molar-refractivity contribution is -0.383. The number of nitrogens with one attached hydrogen (secondary N) is 1. The molecular weight excluding hydrogens is 328 g/mol. The zero-order chi connectivity index (χ0) is 17.8. The summed E-state index contributed by atoms with van der Waals surface area (Å²) in [5.41, 5.74) is 0.639. The lowest BCUT2D eigenvalue weighted by Crippen LogP contribution is -2.22. The molecule has 1 N–H and O–H groups in total. The first kappa shape index (κ1) is 16.4. The van der Waals surface area contributed by atoms with E-state index in [1.165, 1.54) is 12.1 Å². The van der Waals surface area contributed by atoms with E-state index in [1.807, 2.05) is 6.07 Å². The van der Waals surface area contributed by atoms with Gasteiger partial charge in [0.1, 0.15) is 5.69 Å². The molecule has 1 fully saturated rings. The van der Waals surface area contributed by atoms with Gasteiger partial charge in [-0.15, -0.1) is 0 Å². The van der Waals surface area contributed by atoms with Crippen LogP contribution in [0.25, 0.3) is 0 Å². The number of nitrogens with zero attached hydrogens (tertiary/aromatic N) is 1. The molecule has 1 saturated heterocycles. The maximum atomic E-state index is 12.1. The number of para-hydroxylation sites is 1. The summed E-state index contributed by atoms with van der Waals surface area (Å²) in [5.74, 6) is -1.41. The second kappa shape index (κ2) is 7.00. The molecule has 0 radical (unpaired) electrons. The Balaban J connectivity index is 1.82. The van der Waals surface area contributed by atoms with E-state index in [0.29, 0.717) is 5.69 Å². The van der Waals surface area contributed by atoms with Crippen molar-refractivity contribution in [2.24, 2.45) is 0 Å². The molecule has 0 spiro atoms. The molecule has 1 aliphatic rings. The van der Waals surface area contributed by atoms with Gasteiger partial charge in [0, 0.05) is 18.2 Å². The SMILES string of the molecule is O=C(O[C@@H]1CCOC1=O)c1ccc(Nc2ccccc2)c([N+](=O)[O-])c1. The lowest BCUT2D eigenvalue weighted by atomic mass is 10.1. The van der Waals surface area contributed by atoms with Crippen molar-refractivity contribution in [1.82, 2.24) is 0 Å². The van der Waals surface area contributed by atoms with Gasteiger partial charge < -0.3 is 14.8 Å². The number of carbonyl (C=O) groups is 2. The Morgan fingerprint density at radius 1 is 1.24 bits per heavy atom. The van der Waals surface area contributed by atoms with E-state index in [2.05, 4.69) is 5.32 Å². The van der Waals surface area contributed by atoms with E-state index in [9.17, 15) is 19.7 Å². The van der Waals surface area contributed by atoms with Crippen LogP contribution in [-0.4, -0.2) is 29.6 Å². The van der Waals surface area contributed by atoms with Crippen molar-refractivity contribution in [3.63, 3.8) is 0 Å². The van der Waals surface area contributed by atoms with Crippen molar-refractivity contribution in [2.45, 2.75) is 12.5 Å². The van der Waals surface area contributed by atoms with Crippen LogP contribution >= 0.6 is 0 Å². The molecule has 0 aliphatic carbocycles. The Labute approximate surface area is 142 Å². The number of hydrogen-bond acceptors (Lipinski definition) is 7. The molecule has 2 aromatic carbocycles. The maximum Gasteiger partial charge on any atom is 0.347 e. The third kappa shape index (κ3) is 3.74. The van der Waals surface area contributed by atoms with E-state index in [-0.39, 0.29) is 30.0 Å². The Bertz CT molecular complexity index is 821. The minimum Gasteiger partial charge on any atom is -0.463 e. The van der Waals surface area contributed by atoms with Crippen LogP contribution < -0.4 is 5.32 Å². The van der Waals surface area contributed by atoms with Crippen LogP contribution in [0.5, 0.6) is 0 Å². The quantitative estimate of drug-likeness (QED) is 0.505. The second-order valence-corrected chi connectivity index (χ2v) is 5.33. The predicted molar refractivity (Wildman–Crippen MR) is 87.6 cm³/mol. The van der Waals surface area contributed by atoms with E-state index in [1.54, 1.807) is 24.3 Å². The highest BCUT2D eigenvalue weighted by molar-refractivity contribution is 5.93. The van der Waals surface area contributed by atoms with Gasteiger partial charge in [-0.1, -0.05) is 18.2 Å². The van der Waals surface area contributed by atoms with Gasteiger partial charge in [-0.25, -0.2) is 9.59 Å². The Hall–Kier alpha value is -3.42. The maximum absolute atomic E-state index is 12.1. The fraction of sp³-hybridized carbons (Fsp3) is 0.176. The van der Waals surface area contributed by atoms with Gasteiger partial charge in [-0.3, -0.25) is 10.1 Å². The molecule has 1 atom stereocenters. The number of rotatable bonds is 5. The van der Waals surface area contributed by atoms with Gasteiger partial charge >= 0.3 is 11.9 Å². The van der Waals surface area contributed by atoms with E-state index >= 15 is 0 Å². The monoisotopic (exact) mass is 342 g/mol. The predicted octanol–water partition coefficient (Wildman–Crippen LogP) is 2.81. The highest BCUT2D eigenvalue weighted by atomic mass is 16.6. The summed E-state index contributed by atoms with van der Waals surface area (Å²) in [6, 6.07) is 12.9. The molecule has 128 valence electrons. The Kier molecular flexibility index (Phi) is 4.60. The van der Waals surface area contributed by atoms with Crippen molar-refractivity contribution >= 4 is 29.0 Å². The minimum atomic E-state index is -0.964. The molecule has 25 heavy (non-hydrogen) atoms. The van der Waals surface area contributed by atoms with Gasteiger partial charge in [-0.05, 0) is 24.3 Å². The Morgan fingerprint density at radius 3 is 2.64 bits per heavy atom. The van der Waals surface area contributed by atoms with Crippen LogP contribution in [0.3, 0.4) is 0 Å². The summed E-state index contributed by atoms with van der Waals surface area (Å²) in [6.07, 6.45) is -0.686. The molecular formula is C17H14N2O6. The topological polar surface area (TPSA) is 108 Å². The van der Waals surface area contributed by atoms with Crippen molar-refractivity contribution in [3.05, 3.63) is 64.2 Å². The van der Waals surface area contributed by atoms with Crippen LogP contribution in [0.15, 0.2) is 48.5 Å². The fourth-order valence-electron chi connectivity index (χ4n) is 2.37. The average Bonchev–Trinajstić information content (AvgIpc) is 3.00. The standard InChI is InChI=1S/C17H14N2O6/c20-16(25-15-8-9-24-17(15)21)11-6-7-13(14(10-11)19(22)23)18-12-4-2-1-3-5-12/h1-7,10,15,18H,8-9H2/t15-/m1/s1. The molecule has 0 aromatic heterocycles. The molecule has 1 aliphatic heterocycles. The second-order valence-electron chi connectivity index (χ2n) is 5.33. The number of nitro groups is 1. The zero-order valence-electron chi connectivity index (χ0n) is 13.0. The smallest absolute Gasteiger partial charge is 0.347 e. The first-order valence-electron chi connectivity index (χ1n) is 7.53. The molecule has 0 amide bonds. The molecule has 0 bridgehead atoms. The Morgan fingerprint density at radius 2 is 2.00 bits per heavy atom. The number of benzene rings is 2. The van der Waals surface area contributed by atoms with Crippen molar-refractivity contribution in [2.75, 3.05) is 11.9 Å². The number of carbonyl (C=O) groups excluding carboxylic acids is 2. The van der Waals surface area contributed by atoms with Gasteiger partial charge in [0.15, 0.2) is 0 Å². The van der Waals surface area contributed by atoms with Crippen molar-refractivity contribution < 1.29 is 24.0 Å². The third-order valence-electron chi connectivity index (χ3n) is 3.62. The van der Waals surface area contributed by atoms with Gasteiger partial charge in [-0.2, -0.15) is 0 Å². The largest absolute Gasteiger partial charge is 0.463 e. The van der Waals surface area contributed by atoms with Crippen molar-refractivity contribution in [3.8, 4) is 0 Å². The summed E-state index contributed by atoms with van der Waals surface area (Å²) in [5, 5.41) is 14.3. The molecule has 1 heterocycles. The van der Waals surface area contributed by atoms with E-state index < -0.39 is 23.0 Å². The van der Waals surface area contributed by atoms with Crippen LogP contribution in [0, 0.1) is 10.1 Å². The number of nitro benzene ring substituents is 1. The normalized spacial score (nSPS) is 16.2. The number of esters is 2. The zero-order valence-corrected chi connectivity index (χ0v) is 13.0. The van der Waals surface area contributed by atoms with Gasteiger partial charge in [0.05, 0.1) is 17.1 Å². The molecule has 0 saturated carbocycles. The first-order valence-corrected chi connectivity index (χ1v) is 7.53. The van der Waals surface area contributed by atoms with E-state index in [0.717, 1.165) is 6.07 Å². The number of cyclic esters (lactones) is 1. The summed E-state index contributed by atoms with van der Waals surface area (Å²) in [7, 11) is 0. The molecule has 2 aromatic rings. The first-order chi connectivity index (χ1) is 12.0. The minimum absolute atomic E-state index is 0.00925. The summed E-state index contributed by atoms with van der Waals surface area (Å²) in [6.45, 7) is 0.191. The lowest BCUT2D eigenvalue weighted by Gasteiger charge is -2.10. The third-order valence-corrected chi connectivity index (χ3v) is 3.62. The van der Waals surface area contributed by atoms with Crippen LogP contribution in [0.2, 0.25) is 0 Å². The summed E-state index contributed by atoms with van der Waals surface area (Å²) in [4.78, 5) is 34.2. The van der Waals surface area contributed by atoms with Gasteiger partial charge in [0.2, 0.25) is 6.10 Å². The number of ether oxygens (including phenoxy) is 2. The summed E-state index contributed by atoms with van der Waals surface area (Å²) < 4.78 is 9.76. The highest BCUT2D eigenvalue weighted by Gasteiger charge is 2.31. The highest BCUT2D eigenvalue weighted by Crippen LogP contribution is 2.29. The van der Waals surface area contributed by atoms with E-state index in [4.69, 9.17) is 9.47 Å². The fourth-order valence-corrected chi connectivity index (χ4v) is 2.37. The summed E-state index contributed by atoms with van der Waals surface area (Å²) >= 11 is 0. The molecule has 3 rings (SSSR count).